The zero-order chi connectivity index (χ0) is 15.4. The molecule has 1 amide bonds. The van der Waals surface area contributed by atoms with E-state index in [9.17, 15) is 9.59 Å². The van der Waals surface area contributed by atoms with Gasteiger partial charge in [-0.2, -0.15) is 0 Å². The molecule has 8 heteroatoms. The third-order valence-electron chi connectivity index (χ3n) is 2.87. The molecule has 110 valence electrons. The molecule has 2 rings (SSSR count). The summed E-state index contributed by atoms with van der Waals surface area (Å²) in [6.07, 6.45) is 1.20. The number of nitrogens with zero attached hydrogens (tertiary/aromatic N) is 3. The van der Waals surface area contributed by atoms with Crippen LogP contribution < -0.4 is 10.1 Å². The Bertz CT molecular complexity index is 668. The Hall–Kier alpha value is -2.90. The van der Waals surface area contributed by atoms with Gasteiger partial charge in [0.05, 0.1) is 19.0 Å². The molecule has 0 saturated heterocycles. The first-order valence-electron chi connectivity index (χ1n) is 6.12. The molecule has 0 fully saturated rings. The van der Waals surface area contributed by atoms with E-state index in [0.717, 1.165) is 0 Å². The molecule has 1 aromatic carbocycles. The average molecular weight is 290 g/mol. The molecule has 0 saturated carbocycles. The Kier molecular flexibility index (Phi) is 4.17. The van der Waals surface area contributed by atoms with E-state index in [0.29, 0.717) is 11.4 Å². The van der Waals surface area contributed by atoms with Crippen molar-refractivity contribution >= 4 is 17.6 Å². The number of benzene rings is 1. The summed E-state index contributed by atoms with van der Waals surface area (Å²) in [5.74, 6) is -1.03. The molecule has 8 nitrogen and oxygen atoms in total. The second-order valence-corrected chi connectivity index (χ2v) is 4.25. The second-order valence-electron chi connectivity index (χ2n) is 4.25. The van der Waals surface area contributed by atoms with E-state index >= 15 is 0 Å². The molecule has 0 aliphatic rings. The number of carboxylic acid groups (broad SMARTS) is 1. The van der Waals surface area contributed by atoms with Crippen molar-refractivity contribution in [2.75, 3.05) is 12.4 Å². The minimum absolute atomic E-state index is 0.216. The molecule has 1 unspecified atom stereocenters. The van der Waals surface area contributed by atoms with Gasteiger partial charge in [-0.15, -0.1) is 5.10 Å². The molecule has 0 radical (unpaired) electrons. The van der Waals surface area contributed by atoms with E-state index in [2.05, 4.69) is 15.6 Å². The van der Waals surface area contributed by atoms with Gasteiger partial charge in [0.2, 0.25) is 5.91 Å². The van der Waals surface area contributed by atoms with E-state index in [1.807, 2.05) is 0 Å². The summed E-state index contributed by atoms with van der Waals surface area (Å²) in [6.45, 7) is 1.59. The van der Waals surface area contributed by atoms with Gasteiger partial charge in [0.15, 0.2) is 5.69 Å². The fourth-order valence-electron chi connectivity index (χ4n) is 1.67. The van der Waals surface area contributed by atoms with Crippen molar-refractivity contribution in [2.24, 2.45) is 0 Å². The predicted molar refractivity (Wildman–Crippen MR) is 73.3 cm³/mol. The Morgan fingerprint density at radius 2 is 2.10 bits per heavy atom. The number of carbonyl (C=O) groups is 2. The lowest BCUT2D eigenvalue weighted by atomic mass is 10.2. The van der Waals surface area contributed by atoms with Crippen LogP contribution in [0.4, 0.5) is 5.69 Å². The summed E-state index contributed by atoms with van der Waals surface area (Å²) in [4.78, 5) is 22.9. The highest BCUT2D eigenvalue weighted by Gasteiger charge is 2.19. The summed E-state index contributed by atoms with van der Waals surface area (Å²) in [7, 11) is 1.50. The van der Waals surface area contributed by atoms with E-state index in [-0.39, 0.29) is 11.6 Å². The summed E-state index contributed by atoms with van der Waals surface area (Å²) in [5, 5.41) is 18.6. The lowest BCUT2D eigenvalue weighted by molar-refractivity contribution is -0.119. The molecule has 1 aromatic heterocycles. The molecular weight excluding hydrogens is 276 g/mol. The number of aromatic carboxylic acids is 1. The van der Waals surface area contributed by atoms with E-state index in [1.165, 1.54) is 18.0 Å². The van der Waals surface area contributed by atoms with Crippen molar-refractivity contribution in [2.45, 2.75) is 13.0 Å². The van der Waals surface area contributed by atoms with E-state index < -0.39 is 12.0 Å². The second kappa shape index (κ2) is 6.04. The molecule has 1 atom stereocenters. The fourth-order valence-corrected chi connectivity index (χ4v) is 1.67. The van der Waals surface area contributed by atoms with Crippen molar-refractivity contribution in [3.63, 3.8) is 0 Å². The number of methoxy groups -OCH3 is 1. The number of hydrogen-bond acceptors (Lipinski definition) is 5. The number of rotatable bonds is 5. The maximum Gasteiger partial charge on any atom is 0.358 e. The van der Waals surface area contributed by atoms with Gasteiger partial charge in [0.25, 0.3) is 0 Å². The van der Waals surface area contributed by atoms with Crippen LogP contribution in [0.2, 0.25) is 0 Å². The number of aromatic nitrogens is 3. The highest BCUT2D eigenvalue weighted by Crippen LogP contribution is 2.24. The minimum Gasteiger partial charge on any atom is -0.495 e. The maximum absolute atomic E-state index is 12.2. The van der Waals surface area contributed by atoms with Crippen molar-refractivity contribution in [1.82, 2.24) is 15.0 Å². The summed E-state index contributed by atoms with van der Waals surface area (Å²) in [5.41, 5.74) is 0.308. The molecule has 0 aliphatic carbocycles. The SMILES string of the molecule is COc1ccccc1NC(=O)C(C)n1cc(C(=O)O)nn1. The normalized spacial score (nSPS) is 11.7. The molecule has 0 aliphatic heterocycles. The number of nitrogens with one attached hydrogen (secondary N) is 1. The fraction of sp³-hybridized carbons (Fsp3) is 0.231. The standard InChI is InChI=1S/C13H14N4O4/c1-8(17-7-10(13(19)20)15-16-17)12(18)14-9-5-3-4-6-11(9)21-2/h3-8H,1-2H3,(H,14,18)(H,19,20). The minimum atomic E-state index is -1.20. The molecule has 2 aromatic rings. The summed E-state index contributed by atoms with van der Waals surface area (Å²) >= 11 is 0. The number of carboxylic acids is 1. The van der Waals surface area contributed by atoms with Crippen molar-refractivity contribution in [1.29, 1.82) is 0 Å². The molecule has 0 bridgehead atoms. The van der Waals surface area contributed by atoms with E-state index in [1.54, 1.807) is 31.2 Å². The zero-order valence-electron chi connectivity index (χ0n) is 11.5. The third-order valence-corrected chi connectivity index (χ3v) is 2.87. The number of anilines is 1. The molecule has 2 N–H and O–H groups in total. The quantitative estimate of drug-likeness (QED) is 0.856. The largest absolute Gasteiger partial charge is 0.495 e. The highest BCUT2D eigenvalue weighted by molar-refractivity contribution is 5.94. The van der Waals surface area contributed by atoms with Gasteiger partial charge in [0.1, 0.15) is 11.8 Å². The molecule has 1 heterocycles. The number of amides is 1. The number of ether oxygens (including phenoxy) is 1. The number of carbonyl (C=O) groups excluding carboxylic acids is 1. The van der Waals surface area contributed by atoms with E-state index in [4.69, 9.17) is 9.84 Å². The van der Waals surface area contributed by atoms with Crippen LogP contribution in [0.25, 0.3) is 0 Å². The lowest BCUT2D eigenvalue weighted by Gasteiger charge is -2.14. The maximum atomic E-state index is 12.2. The summed E-state index contributed by atoms with van der Waals surface area (Å²) in [6, 6.07) is 6.26. The van der Waals surface area contributed by atoms with Crippen LogP contribution in [0.1, 0.15) is 23.5 Å². The van der Waals surface area contributed by atoms with Crippen LogP contribution >= 0.6 is 0 Å². The smallest absolute Gasteiger partial charge is 0.358 e. The predicted octanol–water partition coefficient (Wildman–Crippen LogP) is 1.18. The first kappa shape index (κ1) is 14.5. The first-order chi connectivity index (χ1) is 10.0. The Morgan fingerprint density at radius 1 is 1.38 bits per heavy atom. The average Bonchev–Trinajstić information content (AvgIpc) is 2.97. The topological polar surface area (TPSA) is 106 Å². The molecule has 0 spiro atoms. The lowest BCUT2D eigenvalue weighted by Crippen LogP contribution is -2.24. The van der Waals surface area contributed by atoms with Gasteiger partial charge in [0, 0.05) is 0 Å². The first-order valence-corrected chi connectivity index (χ1v) is 6.12. The van der Waals surface area contributed by atoms with Gasteiger partial charge in [-0.3, -0.25) is 4.79 Å². The van der Waals surface area contributed by atoms with Crippen LogP contribution in [0, 0.1) is 0 Å². The number of hydrogen-bond donors (Lipinski definition) is 2. The van der Waals surface area contributed by atoms with Gasteiger partial charge in [-0.25, -0.2) is 9.48 Å². The van der Waals surface area contributed by atoms with Gasteiger partial charge < -0.3 is 15.2 Å². The van der Waals surface area contributed by atoms with Crippen LogP contribution in [0.15, 0.2) is 30.5 Å². The molecule has 21 heavy (non-hydrogen) atoms. The highest BCUT2D eigenvalue weighted by atomic mass is 16.5. The van der Waals surface area contributed by atoms with Crippen LogP contribution in [0.5, 0.6) is 5.75 Å². The van der Waals surface area contributed by atoms with Crippen molar-refractivity contribution in [3.05, 3.63) is 36.2 Å². The van der Waals surface area contributed by atoms with Crippen molar-refractivity contribution < 1.29 is 19.4 Å². The Balaban J connectivity index is 2.13. The molecular formula is C13H14N4O4. The Labute approximate surface area is 120 Å². The monoisotopic (exact) mass is 290 g/mol. The van der Waals surface area contributed by atoms with Crippen LogP contribution in [-0.2, 0) is 4.79 Å². The zero-order valence-corrected chi connectivity index (χ0v) is 11.5. The Morgan fingerprint density at radius 3 is 2.71 bits per heavy atom. The number of para-hydroxylation sites is 2. The summed E-state index contributed by atoms with van der Waals surface area (Å²) < 4.78 is 6.33. The van der Waals surface area contributed by atoms with Crippen molar-refractivity contribution in [3.8, 4) is 5.75 Å². The third kappa shape index (κ3) is 3.16. The van der Waals surface area contributed by atoms with Gasteiger partial charge in [-0.05, 0) is 19.1 Å². The van der Waals surface area contributed by atoms with Crippen LogP contribution in [0.3, 0.4) is 0 Å². The van der Waals surface area contributed by atoms with Gasteiger partial charge >= 0.3 is 5.97 Å². The van der Waals surface area contributed by atoms with Gasteiger partial charge in [-0.1, -0.05) is 17.3 Å². The van der Waals surface area contributed by atoms with Crippen LogP contribution in [-0.4, -0.2) is 39.1 Å².